The van der Waals surface area contributed by atoms with Crippen molar-refractivity contribution in [2.24, 2.45) is 0 Å². The van der Waals surface area contributed by atoms with E-state index in [0.717, 1.165) is 17.8 Å². The van der Waals surface area contributed by atoms with Crippen molar-refractivity contribution in [3.05, 3.63) is 59.9 Å². The van der Waals surface area contributed by atoms with Gasteiger partial charge in [-0.15, -0.1) is 0 Å². The van der Waals surface area contributed by atoms with Crippen molar-refractivity contribution in [1.29, 1.82) is 0 Å². The van der Waals surface area contributed by atoms with Crippen molar-refractivity contribution in [1.82, 2.24) is 14.8 Å². The van der Waals surface area contributed by atoms with Gasteiger partial charge in [-0.25, -0.2) is 0 Å². The molecule has 0 spiro atoms. The molecule has 3 rings (SSSR count). The van der Waals surface area contributed by atoms with E-state index in [1.807, 2.05) is 67.4 Å². The molecule has 0 fully saturated rings. The molecule has 1 N–H and O–H groups in total. The molecule has 2 amide bonds. The molecule has 5 nitrogen and oxygen atoms in total. The van der Waals surface area contributed by atoms with Gasteiger partial charge in [0.05, 0.1) is 6.04 Å². The summed E-state index contributed by atoms with van der Waals surface area (Å²) >= 11 is 0. The van der Waals surface area contributed by atoms with Gasteiger partial charge < -0.3 is 14.8 Å². The van der Waals surface area contributed by atoms with Crippen molar-refractivity contribution in [2.75, 3.05) is 6.54 Å². The Kier molecular flexibility index (Phi) is 4.69. The first-order valence-electron chi connectivity index (χ1n) is 8.35. The van der Waals surface area contributed by atoms with Crippen LogP contribution in [0.3, 0.4) is 0 Å². The quantitative estimate of drug-likeness (QED) is 0.877. The number of benzene rings is 1. The van der Waals surface area contributed by atoms with Gasteiger partial charge in [0.1, 0.15) is 6.42 Å². The van der Waals surface area contributed by atoms with Gasteiger partial charge in [0, 0.05) is 31.0 Å². The molecule has 1 aromatic heterocycles. The van der Waals surface area contributed by atoms with Crippen LogP contribution in [0.4, 0.5) is 0 Å². The highest BCUT2D eigenvalue weighted by molar-refractivity contribution is 5.97. The summed E-state index contributed by atoms with van der Waals surface area (Å²) in [4.78, 5) is 26.6. The zero-order valence-electron chi connectivity index (χ0n) is 14.1. The number of carbonyl (C=O) groups is 2. The fourth-order valence-corrected chi connectivity index (χ4v) is 3.25. The minimum atomic E-state index is -0.220. The third-order valence-corrected chi connectivity index (χ3v) is 4.24. The highest BCUT2D eigenvalue weighted by Crippen LogP contribution is 2.32. The molecular weight excluding hydrogens is 302 g/mol. The highest BCUT2D eigenvalue weighted by Gasteiger charge is 2.32. The van der Waals surface area contributed by atoms with Gasteiger partial charge in [0.25, 0.3) is 0 Å². The van der Waals surface area contributed by atoms with Crippen molar-refractivity contribution < 1.29 is 9.59 Å². The van der Waals surface area contributed by atoms with Gasteiger partial charge >= 0.3 is 0 Å². The second-order valence-corrected chi connectivity index (χ2v) is 6.43. The normalized spacial score (nSPS) is 16.8. The number of nitrogens with one attached hydrogen (secondary N) is 1. The average molecular weight is 325 g/mol. The average Bonchev–Trinajstić information content (AvgIpc) is 3.02. The van der Waals surface area contributed by atoms with Crippen LogP contribution in [0.15, 0.2) is 48.7 Å². The lowest BCUT2D eigenvalue weighted by atomic mass is 9.99. The van der Waals surface area contributed by atoms with Crippen molar-refractivity contribution in [2.45, 2.75) is 38.9 Å². The molecule has 0 radical (unpaired) electrons. The molecule has 0 saturated heterocycles. The van der Waals surface area contributed by atoms with Crippen LogP contribution in [0.1, 0.15) is 37.6 Å². The molecule has 24 heavy (non-hydrogen) atoms. The number of carbonyl (C=O) groups excluding carboxylic acids is 2. The van der Waals surface area contributed by atoms with E-state index >= 15 is 0 Å². The summed E-state index contributed by atoms with van der Waals surface area (Å²) in [5, 5.41) is 2.79. The van der Waals surface area contributed by atoms with E-state index in [9.17, 15) is 9.59 Å². The van der Waals surface area contributed by atoms with E-state index in [0.29, 0.717) is 6.54 Å². The molecule has 1 aliphatic heterocycles. The monoisotopic (exact) mass is 325 g/mol. The van der Waals surface area contributed by atoms with E-state index in [1.165, 1.54) is 0 Å². The zero-order chi connectivity index (χ0) is 17.1. The van der Waals surface area contributed by atoms with Gasteiger partial charge in [-0.05, 0) is 31.5 Å². The maximum absolute atomic E-state index is 12.8. The summed E-state index contributed by atoms with van der Waals surface area (Å²) in [5.74, 6) is -0.350. The van der Waals surface area contributed by atoms with Crippen LogP contribution in [0.2, 0.25) is 0 Å². The minimum absolute atomic E-state index is 0.0359. The SMILES string of the molecule is CC(C)NC(=O)CC(=O)N1CCn2cccc2C1c1ccccc1. The van der Waals surface area contributed by atoms with E-state index in [4.69, 9.17) is 0 Å². The molecule has 2 aromatic rings. The van der Waals surface area contributed by atoms with Gasteiger partial charge in [-0.3, -0.25) is 9.59 Å². The Labute approximate surface area is 142 Å². The largest absolute Gasteiger partial charge is 0.353 e. The lowest BCUT2D eigenvalue weighted by molar-refractivity contribution is -0.138. The first kappa shape index (κ1) is 16.3. The first-order chi connectivity index (χ1) is 11.6. The smallest absolute Gasteiger partial charge is 0.232 e. The molecule has 0 bridgehead atoms. The number of nitrogens with zero attached hydrogens (tertiary/aromatic N) is 2. The summed E-state index contributed by atoms with van der Waals surface area (Å²) in [7, 11) is 0. The molecule has 0 saturated carbocycles. The Morgan fingerprint density at radius 2 is 1.88 bits per heavy atom. The number of hydrogen-bond donors (Lipinski definition) is 1. The Bertz CT molecular complexity index is 721. The van der Waals surface area contributed by atoms with Gasteiger partial charge in [0.2, 0.25) is 11.8 Å². The Morgan fingerprint density at radius 3 is 2.58 bits per heavy atom. The van der Waals surface area contributed by atoms with E-state index in [1.54, 1.807) is 0 Å². The Balaban J connectivity index is 1.86. The molecule has 1 unspecified atom stereocenters. The van der Waals surface area contributed by atoms with Crippen molar-refractivity contribution in [3.63, 3.8) is 0 Å². The van der Waals surface area contributed by atoms with E-state index < -0.39 is 0 Å². The lowest BCUT2D eigenvalue weighted by Crippen LogP contribution is -2.44. The van der Waals surface area contributed by atoms with Crippen LogP contribution < -0.4 is 5.32 Å². The molecule has 1 atom stereocenters. The molecule has 1 aliphatic rings. The molecule has 5 heteroatoms. The third-order valence-electron chi connectivity index (χ3n) is 4.24. The second-order valence-electron chi connectivity index (χ2n) is 6.43. The van der Waals surface area contributed by atoms with Gasteiger partial charge in [-0.1, -0.05) is 30.3 Å². The van der Waals surface area contributed by atoms with Crippen LogP contribution in [0.5, 0.6) is 0 Å². The van der Waals surface area contributed by atoms with Crippen LogP contribution in [-0.4, -0.2) is 33.9 Å². The number of amides is 2. The van der Waals surface area contributed by atoms with Crippen LogP contribution in [0.25, 0.3) is 0 Å². The van der Waals surface area contributed by atoms with Crippen LogP contribution in [-0.2, 0) is 16.1 Å². The molecule has 2 heterocycles. The lowest BCUT2D eigenvalue weighted by Gasteiger charge is -2.37. The second kappa shape index (κ2) is 6.91. The summed E-state index contributed by atoms with van der Waals surface area (Å²) in [5.41, 5.74) is 2.15. The molecule has 126 valence electrons. The summed E-state index contributed by atoms with van der Waals surface area (Å²) < 4.78 is 2.18. The number of fused-ring (bicyclic) bond motifs is 1. The van der Waals surface area contributed by atoms with Crippen LogP contribution in [0, 0.1) is 0 Å². The highest BCUT2D eigenvalue weighted by atomic mass is 16.2. The third kappa shape index (κ3) is 3.35. The molecule has 0 aliphatic carbocycles. The van der Waals surface area contributed by atoms with E-state index in [2.05, 4.69) is 9.88 Å². The first-order valence-corrected chi connectivity index (χ1v) is 8.35. The Hall–Kier alpha value is -2.56. The van der Waals surface area contributed by atoms with Gasteiger partial charge in [0.15, 0.2) is 0 Å². The van der Waals surface area contributed by atoms with Crippen LogP contribution >= 0.6 is 0 Å². The fraction of sp³-hybridized carbons (Fsp3) is 0.368. The summed E-state index contributed by atoms with van der Waals surface area (Å²) in [6, 6.07) is 13.9. The maximum atomic E-state index is 12.8. The number of aromatic nitrogens is 1. The predicted octanol–water partition coefficient (Wildman–Crippen LogP) is 2.33. The molecule has 1 aromatic carbocycles. The number of hydrogen-bond acceptors (Lipinski definition) is 2. The van der Waals surface area contributed by atoms with Gasteiger partial charge in [-0.2, -0.15) is 0 Å². The summed E-state index contributed by atoms with van der Waals surface area (Å²) in [6.07, 6.45) is 1.93. The van der Waals surface area contributed by atoms with Crippen molar-refractivity contribution in [3.8, 4) is 0 Å². The predicted molar refractivity (Wildman–Crippen MR) is 92.3 cm³/mol. The van der Waals surface area contributed by atoms with E-state index in [-0.39, 0.29) is 30.3 Å². The topological polar surface area (TPSA) is 54.3 Å². The standard InChI is InChI=1S/C19H23N3O2/c1-14(2)20-17(23)13-18(24)22-12-11-21-10-6-9-16(21)19(22)15-7-4-3-5-8-15/h3-10,14,19H,11-13H2,1-2H3,(H,20,23). The summed E-state index contributed by atoms with van der Waals surface area (Å²) in [6.45, 7) is 5.14. The minimum Gasteiger partial charge on any atom is -0.353 e. The Morgan fingerprint density at radius 1 is 1.12 bits per heavy atom. The van der Waals surface area contributed by atoms with Crippen molar-refractivity contribution >= 4 is 11.8 Å². The zero-order valence-corrected chi connectivity index (χ0v) is 14.1. The maximum Gasteiger partial charge on any atom is 0.232 e. The molecular formula is C19H23N3O2. The number of rotatable bonds is 4. The fourth-order valence-electron chi connectivity index (χ4n) is 3.25.